The summed E-state index contributed by atoms with van der Waals surface area (Å²) in [7, 11) is 1.74. The Morgan fingerprint density at radius 1 is 1.64 bits per heavy atom. The van der Waals surface area contributed by atoms with Crippen LogP contribution in [0.2, 0.25) is 0 Å². The van der Waals surface area contributed by atoms with Crippen molar-refractivity contribution in [2.75, 3.05) is 0 Å². The highest BCUT2D eigenvalue weighted by atomic mass is 32.1. The number of carbonyl (C=O) groups is 1. The molecule has 0 aliphatic heterocycles. The molecule has 0 saturated carbocycles. The lowest BCUT2D eigenvalue weighted by Crippen LogP contribution is -2.18. The van der Waals surface area contributed by atoms with Crippen LogP contribution in [0.25, 0.3) is 0 Å². The first-order chi connectivity index (χ1) is 5.04. The lowest BCUT2D eigenvalue weighted by Gasteiger charge is -1.76. The molecule has 0 fully saturated rings. The largest absolute Gasteiger partial charge is 0.352 e. The zero-order valence-corrected chi connectivity index (χ0v) is 6.80. The van der Waals surface area contributed by atoms with Crippen molar-refractivity contribution < 1.29 is 4.79 Å². The molecule has 1 aromatic heterocycles. The van der Waals surface area contributed by atoms with Gasteiger partial charge in [-0.1, -0.05) is 11.5 Å². The van der Waals surface area contributed by atoms with Crippen molar-refractivity contribution in [2.45, 2.75) is 0 Å². The van der Waals surface area contributed by atoms with Crippen molar-refractivity contribution in [3.8, 4) is 0 Å². The summed E-state index contributed by atoms with van der Waals surface area (Å²) in [4.78, 5) is 19.4. The van der Waals surface area contributed by atoms with Crippen molar-refractivity contribution >= 4 is 17.6 Å². The van der Waals surface area contributed by atoms with Gasteiger partial charge in [0.1, 0.15) is 0 Å². The molecule has 1 rings (SSSR count). The van der Waals surface area contributed by atoms with Gasteiger partial charge in [-0.05, 0) is 0 Å². The summed E-state index contributed by atoms with van der Waals surface area (Å²) in [6, 6.07) is 0.713. The lowest BCUT2D eigenvalue weighted by molar-refractivity contribution is 0.256. The summed E-state index contributed by atoms with van der Waals surface area (Å²) < 4.78 is 1.57. The maximum absolute atomic E-state index is 10.4. The van der Waals surface area contributed by atoms with Crippen LogP contribution in [0.15, 0.2) is 16.2 Å². The molecule has 0 aromatic carbocycles. The van der Waals surface area contributed by atoms with Crippen LogP contribution in [-0.2, 0) is 7.05 Å². The van der Waals surface area contributed by atoms with E-state index in [4.69, 9.17) is 4.79 Å². The molecule has 4 N–H and O–H groups in total. The van der Waals surface area contributed by atoms with Gasteiger partial charge in [0.2, 0.25) is 0 Å². The second-order valence-corrected chi connectivity index (χ2v) is 2.68. The van der Waals surface area contributed by atoms with Gasteiger partial charge < -0.3 is 11.5 Å². The van der Waals surface area contributed by atoms with Crippen molar-refractivity contribution in [3.63, 3.8) is 0 Å². The smallest absolute Gasteiger partial charge is 0.309 e. The summed E-state index contributed by atoms with van der Waals surface area (Å²) in [6.45, 7) is 0. The Morgan fingerprint density at radius 3 is 2.18 bits per heavy atom. The predicted molar refractivity (Wildman–Crippen MR) is 43.3 cm³/mol. The standard InChI is InChI=1S/C4H5NOS.CH4N2O/c1-5-4(6)2-3-7-5;2-1(3)4/h2-3H,1H3;(H4,2,3,4). The van der Waals surface area contributed by atoms with Gasteiger partial charge in [0.25, 0.3) is 5.56 Å². The van der Waals surface area contributed by atoms with E-state index in [1.807, 2.05) is 0 Å². The second kappa shape index (κ2) is 4.51. The molecule has 2 amide bonds. The van der Waals surface area contributed by atoms with E-state index in [1.165, 1.54) is 11.5 Å². The van der Waals surface area contributed by atoms with Gasteiger partial charge >= 0.3 is 6.03 Å². The molecule has 62 valence electrons. The van der Waals surface area contributed by atoms with E-state index in [-0.39, 0.29) is 5.56 Å². The summed E-state index contributed by atoms with van der Waals surface area (Å²) in [5.74, 6) is 0. The van der Waals surface area contributed by atoms with Crippen LogP contribution in [0.1, 0.15) is 0 Å². The molecule has 5 nitrogen and oxygen atoms in total. The molecule has 1 aromatic rings. The number of aromatic nitrogens is 1. The number of carbonyl (C=O) groups excluding carboxylic acids is 1. The van der Waals surface area contributed by atoms with E-state index in [1.54, 1.807) is 22.5 Å². The van der Waals surface area contributed by atoms with Crippen LogP contribution in [0, 0.1) is 0 Å². The second-order valence-electron chi connectivity index (χ2n) is 1.65. The Balaban J connectivity index is 0.000000218. The fourth-order valence-corrected chi connectivity index (χ4v) is 0.861. The first kappa shape index (κ1) is 9.70. The highest BCUT2D eigenvalue weighted by Crippen LogP contribution is 1.84. The number of nitrogens with zero attached hydrogens (tertiary/aromatic N) is 1. The molecule has 0 aliphatic rings. The van der Waals surface area contributed by atoms with Gasteiger partial charge in [-0.2, -0.15) is 0 Å². The van der Waals surface area contributed by atoms with Crippen molar-refractivity contribution in [2.24, 2.45) is 18.5 Å². The van der Waals surface area contributed by atoms with Crippen LogP contribution in [0.4, 0.5) is 4.79 Å². The van der Waals surface area contributed by atoms with E-state index in [0.717, 1.165) is 0 Å². The molecule has 0 atom stereocenters. The fourth-order valence-electron chi connectivity index (χ4n) is 0.337. The normalized spacial score (nSPS) is 8.09. The van der Waals surface area contributed by atoms with Crippen LogP contribution in [-0.4, -0.2) is 9.99 Å². The zero-order chi connectivity index (χ0) is 8.85. The number of hydrogen-bond donors (Lipinski definition) is 2. The Hall–Kier alpha value is -1.30. The Morgan fingerprint density at radius 2 is 2.09 bits per heavy atom. The van der Waals surface area contributed by atoms with E-state index in [2.05, 4.69) is 11.5 Å². The van der Waals surface area contributed by atoms with Crippen LogP contribution < -0.4 is 17.0 Å². The van der Waals surface area contributed by atoms with Crippen LogP contribution in [0.3, 0.4) is 0 Å². The molecule has 0 aliphatic carbocycles. The van der Waals surface area contributed by atoms with E-state index >= 15 is 0 Å². The quantitative estimate of drug-likeness (QED) is 0.555. The minimum atomic E-state index is -0.833. The first-order valence-electron chi connectivity index (χ1n) is 2.70. The third-order valence-electron chi connectivity index (χ3n) is 0.740. The SMILES string of the molecule is Cn1sccc1=O.NC(N)=O. The van der Waals surface area contributed by atoms with Crippen molar-refractivity contribution in [1.29, 1.82) is 0 Å². The van der Waals surface area contributed by atoms with E-state index in [9.17, 15) is 4.79 Å². The molecule has 0 bridgehead atoms. The first-order valence-corrected chi connectivity index (χ1v) is 3.53. The number of rotatable bonds is 0. The maximum Gasteiger partial charge on any atom is 0.309 e. The zero-order valence-electron chi connectivity index (χ0n) is 5.98. The predicted octanol–water partition coefficient (Wildman–Crippen LogP) is -0.529. The van der Waals surface area contributed by atoms with Crippen LogP contribution in [0.5, 0.6) is 0 Å². The molecule has 0 saturated heterocycles. The summed E-state index contributed by atoms with van der Waals surface area (Å²) in [6.07, 6.45) is 0. The number of aryl methyl sites for hydroxylation is 1. The Labute approximate surface area is 67.4 Å². The van der Waals surface area contributed by atoms with Gasteiger partial charge in [0.15, 0.2) is 0 Å². The monoisotopic (exact) mass is 175 g/mol. The molecular formula is C5H9N3O2S. The minimum Gasteiger partial charge on any atom is -0.352 e. The average Bonchev–Trinajstić information content (AvgIpc) is 2.15. The third kappa shape index (κ3) is 5.16. The summed E-state index contributed by atoms with van der Waals surface area (Å²) >= 11 is 1.41. The van der Waals surface area contributed by atoms with Gasteiger partial charge in [0.05, 0.1) is 0 Å². The van der Waals surface area contributed by atoms with Gasteiger partial charge in [-0.3, -0.25) is 8.75 Å². The van der Waals surface area contributed by atoms with Gasteiger partial charge in [-0.25, -0.2) is 4.79 Å². The Bertz CT molecular complexity index is 273. The lowest BCUT2D eigenvalue weighted by atomic mass is 10.7. The van der Waals surface area contributed by atoms with Crippen molar-refractivity contribution in [3.05, 3.63) is 21.8 Å². The molecule has 0 radical (unpaired) electrons. The fraction of sp³-hybridized carbons (Fsp3) is 0.200. The number of nitrogens with two attached hydrogens (primary N) is 2. The highest BCUT2D eigenvalue weighted by Gasteiger charge is 1.82. The summed E-state index contributed by atoms with van der Waals surface area (Å²) in [5, 5.41) is 1.77. The summed E-state index contributed by atoms with van der Waals surface area (Å²) in [5.41, 5.74) is 8.57. The molecule has 0 unspecified atom stereocenters. The number of hydrogen-bond acceptors (Lipinski definition) is 3. The molecule has 11 heavy (non-hydrogen) atoms. The molecular weight excluding hydrogens is 166 g/mol. The topological polar surface area (TPSA) is 91.1 Å². The van der Waals surface area contributed by atoms with Crippen molar-refractivity contribution in [1.82, 2.24) is 3.96 Å². The van der Waals surface area contributed by atoms with Gasteiger partial charge in [-0.15, -0.1) is 0 Å². The Kier molecular flexibility index (Phi) is 3.97. The number of amides is 2. The average molecular weight is 175 g/mol. The molecule has 1 heterocycles. The highest BCUT2D eigenvalue weighted by molar-refractivity contribution is 7.04. The molecule has 0 spiro atoms. The maximum atomic E-state index is 10.4. The molecule has 6 heteroatoms. The minimum absolute atomic E-state index is 0.0741. The van der Waals surface area contributed by atoms with Crippen LogP contribution >= 0.6 is 11.5 Å². The third-order valence-corrected chi connectivity index (χ3v) is 1.49. The number of urea groups is 1. The van der Waals surface area contributed by atoms with E-state index in [0.29, 0.717) is 0 Å². The van der Waals surface area contributed by atoms with Gasteiger partial charge in [0, 0.05) is 18.5 Å². The number of primary amides is 2. The van der Waals surface area contributed by atoms with E-state index < -0.39 is 6.03 Å².